The number of nitrogens with one attached hydrogen (secondary N) is 2. The molecule has 19 heavy (non-hydrogen) atoms. The molecule has 0 saturated heterocycles. The van der Waals surface area contributed by atoms with Crippen LogP contribution in [-0.2, 0) is 0 Å². The van der Waals surface area contributed by atoms with Gasteiger partial charge < -0.3 is 15.4 Å². The van der Waals surface area contributed by atoms with Gasteiger partial charge in [0.1, 0.15) is 5.75 Å². The predicted molar refractivity (Wildman–Crippen MR) is 83.1 cm³/mol. The lowest BCUT2D eigenvalue weighted by atomic mass is 10.2. The average molecular weight is 264 g/mol. The molecule has 1 aromatic carbocycles. The Labute approximate surface area is 117 Å². The second-order valence-electron chi connectivity index (χ2n) is 4.92. The van der Waals surface area contributed by atoms with E-state index >= 15 is 0 Å². The van der Waals surface area contributed by atoms with Crippen molar-refractivity contribution in [2.45, 2.75) is 46.1 Å². The van der Waals surface area contributed by atoms with Gasteiger partial charge in [-0.15, -0.1) is 0 Å². The van der Waals surface area contributed by atoms with Crippen LogP contribution in [0.25, 0.3) is 0 Å². The molecule has 0 aliphatic heterocycles. The number of ether oxygens (including phenoxy) is 1. The Kier molecular flexibility index (Phi) is 8.07. The van der Waals surface area contributed by atoms with Gasteiger partial charge in [0.05, 0.1) is 6.61 Å². The summed E-state index contributed by atoms with van der Waals surface area (Å²) in [6, 6.07) is 8.78. The van der Waals surface area contributed by atoms with Crippen LogP contribution in [0.15, 0.2) is 24.3 Å². The normalized spacial score (nSPS) is 12.2. The van der Waals surface area contributed by atoms with E-state index in [0.717, 1.165) is 37.6 Å². The summed E-state index contributed by atoms with van der Waals surface area (Å²) in [6.07, 6.45) is 3.44. The first-order valence-corrected chi connectivity index (χ1v) is 7.46. The minimum Gasteiger partial charge on any atom is -0.494 e. The number of benzene rings is 1. The van der Waals surface area contributed by atoms with E-state index in [1.165, 1.54) is 12.8 Å². The van der Waals surface area contributed by atoms with Gasteiger partial charge in [0.2, 0.25) is 0 Å². The Balaban J connectivity index is 2.27. The summed E-state index contributed by atoms with van der Waals surface area (Å²) >= 11 is 0. The van der Waals surface area contributed by atoms with E-state index < -0.39 is 0 Å². The van der Waals surface area contributed by atoms with Crippen LogP contribution in [0.5, 0.6) is 5.75 Å². The van der Waals surface area contributed by atoms with Crippen molar-refractivity contribution in [2.24, 2.45) is 0 Å². The van der Waals surface area contributed by atoms with E-state index in [-0.39, 0.29) is 0 Å². The molecule has 1 aromatic rings. The Bertz CT molecular complexity index is 341. The van der Waals surface area contributed by atoms with Gasteiger partial charge in [-0.3, -0.25) is 0 Å². The highest BCUT2D eigenvalue weighted by atomic mass is 16.5. The molecule has 0 bridgehead atoms. The van der Waals surface area contributed by atoms with Gasteiger partial charge in [-0.05, 0) is 31.9 Å². The molecule has 0 spiro atoms. The third kappa shape index (κ3) is 7.06. The first-order chi connectivity index (χ1) is 9.26. The third-order valence-corrected chi connectivity index (χ3v) is 3.16. The summed E-state index contributed by atoms with van der Waals surface area (Å²) in [4.78, 5) is 0. The Morgan fingerprint density at radius 2 is 2.05 bits per heavy atom. The number of anilines is 1. The minimum absolute atomic E-state index is 0.588. The molecule has 0 fully saturated rings. The molecule has 1 unspecified atom stereocenters. The monoisotopic (exact) mass is 264 g/mol. The highest BCUT2D eigenvalue weighted by molar-refractivity contribution is 5.48. The first-order valence-electron chi connectivity index (χ1n) is 7.46. The van der Waals surface area contributed by atoms with Gasteiger partial charge in [-0.1, -0.05) is 26.3 Å². The zero-order chi connectivity index (χ0) is 13.9. The highest BCUT2D eigenvalue weighted by Crippen LogP contribution is 2.17. The molecule has 3 heteroatoms. The first kappa shape index (κ1) is 15.8. The molecule has 0 aliphatic rings. The van der Waals surface area contributed by atoms with Crippen molar-refractivity contribution >= 4 is 5.69 Å². The smallest absolute Gasteiger partial charge is 0.121 e. The van der Waals surface area contributed by atoms with E-state index in [1.54, 1.807) is 0 Å². The van der Waals surface area contributed by atoms with Crippen molar-refractivity contribution in [3.8, 4) is 5.75 Å². The number of rotatable bonds is 10. The maximum Gasteiger partial charge on any atom is 0.121 e. The standard InChI is InChI=1S/C16H28N2O/c1-4-6-12-19-16-9-7-8-15(13-16)18-11-10-17-14(3)5-2/h7-9,13-14,17-18H,4-6,10-12H2,1-3H3. The molecule has 0 aliphatic carbocycles. The fraction of sp³-hybridized carbons (Fsp3) is 0.625. The van der Waals surface area contributed by atoms with Gasteiger partial charge in [-0.2, -0.15) is 0 Å². The van der Waals surface area contributed by atoms with E-state index in [4.69, 9.17) is 4.74 Å². The summed E-state index contributed by atoms with van der Waals surface area (Å²) in [5.41, 5.74) is 1.12. The summed E-state index contributed by atoms with van der Waals surface area (Å²) in [6.45, 7) is 9.30. The van der Waals surface area contributed by atoms with Crippen molar-refractivity contribution in [1.82, 2.24) is 5.32 Å². The van der Waals surface area contributed by atoms with Crippen LogP contribution in [0.4, 0.5) is 5.69 Å². The number of unbranched alkanes of at least 4 members (excludes halogenated alkanes) is 1. The van der Waals surface area contributed by atoms with Crippen molar-refractivity contribution in [1.29, 1.82) is 0 Å². The highest BCUT2D eigenvalue weighted by Gasteiger charge is 1.98. The van der Waals surface area contributed by atoms with Crippen LogP contribution in [0, 0.1) is 0 Å². The molecule has 1 rings (SSSR count). The molecule has 3 nitrogen and oxygen atoms in total. The second-order valence-corrected chi connectivity index (χ2v) is 4.92. The van der Waals surface area contributed by atoms with Gasteiger partial charge in [0.25, 0.3) is 0 Å². The minimum atomic E-state index is 0.588. The number of hydrogen-bond donors (Lipinski definition) is 2. The third-order valence-electron chi connectivity index (χ3n) is 3.16. The summed E-state index contributed by atoms with van der Waals surface area (Å²) in [5, 5.41) is 6.88. The summed E-state index contributed by atoms with van der Waals surface area (Å²) in [7, 11) is 0. The average Bonchev–Trinajstić information content (AvgIpc) is 2.44. The van der Waals surface area contributed by atoms with Crippen LogP contribution in [-0.4, -0.2) is 25.7 Å². The van der Waals surface area contributed by atoms with Gasteiger partial charge in [0, 0.05) is 30.9 Å². The molecule has 108 valence electrons. The molecule has 0 heterocycles. The van der Waals surface area contributed by atoms with Crippen LogP contribution < -0.4 is 15.4 Å². The second kappa shape index (κ2) is 9.68. The molecule has 1 atom stereocenters. The summed E-state index contributed by atoms with van der Waals surface area (Å²) < 4.78 is 5.69. The zero-order valence-electron chi connectivity index (χ0n) is 12.5. The largest absolute Gasteiger partial charge is 0.494 e. The van der Waals surface area contributed by atoms with Gasteiger partial charge in [-0.25, -0.2) is 0 Å². The Hall–Kier alpha value is -1.22. The molecule has 0 aromatic heterocycles. The molecule has 0 radical (unpaired) electrons. The lowest BCUT2D eigenvalue weighted by molar-refractivity contribution is 0.309. The molecule has 2 N–H and O–H groups in total. The topological polar surface area (TPSA) is 33.3 Å². The maximum absolute atomic E-state index is 5.69. The van der Waals surface area contributed by atoms with E-state index in [0.29, 0.717) is 6.04 Å². The quantitative estimate of drug-likeness (QED) is 0.633. The van der Waals surface area contributed by atoms with Crippen molar-refractivity contribution in [3.05, 3.63) is 24.3 Å². The van der Waals surface area contributed by atoms with Crippen LogP contribution in [0.1, 0.15) is 40.0 Å². The fourth-order valence-electron chi connectivity index (χ4n) is 1.70. The van der Waals surface area contributed by atoms with E-state index in [1.807, 2.05) is 12.1 Å². The summed E-state index contributed by atoms with van der Waals surface area (Å²) in [5.74, 6) is 0.952. The van der Waals surface area contributed by atoms with E-state index in [2.05, 4.69) is 43.5 Å². The van der Waals surface area contributed by atoms with Gasteiger partial charge >= 0.3 is 0 Å². The molecule has 0 saturated carbocycles. The predicted octanol–water partition coefficient (Wildman–Crippen LogP) is 3.67. The van der Waals surface area contributed by atoms with Crippen molar-refractivity contribution < 1.29 is 4.74 Å². The lowest BCUT2D eigenvalue weighted by Gasteiger charge is -2.13. The Morgan fingerprint density at radius 1 is 1.21 bits per heavy atom. The molecular formula is C16H28N2O. The van der Waals surface area contributed by atoms with Crippen LogP contribution in [0.2, 0.25) is 0 Å². The van der Waals surface area contributed by atoms with E-state index in [9.17, 15) is 0 Å². The zero-order valence-corrected chi connectivity index (χ0v) is 12.5. The Morgan fingerprint density at radius 3 is 2.79 bits per heavy atom. The fourth-order valence-corrected chi connectivity index (χ4v) is 1.70. The van der Waals surface area contributed by atoms with Crippen LogP contribution >= 0.6 is 0 Å². The van der Waals surface area contributed by atoms with Gasteiger partial charge in [0.15, 0.2) is 0 Å². The molecule has 0 amide bonds. The van der Waals surface area contributed by atoms with Crippen LogP contribution in [0.3, 0.4) is 0 Å². The molecular weight excluding hydrogens is 236 g/mol. The van der Waals surface area contributed by atoms with Crippen molar-refractivity contribution in [2.75, 3.05) is 25.0 Å². The van der Waals surface area contributed by atoms with Crippen molar-refractivity contribution in [3.63, 3.8) is 0 Å². The SMILES string of the molecule is CCCCOc1cccc(NCCNC(C)CC)c1. The maximum atomic E-state index is 5.69. The number of hydrogen-bond acceptors (Lipinski definition) is 3. The lowest BCUT2D eigenvalue weighted by Crippen LogP contribution is -2.30.